The van der Waals surface area contributed by atoms with Crippen LogP contribution in [0, 0.1) is 0 Å². The highest BCUT2D eigenvalue weighted by Crippen LogP contribution is 2.14. The number of halogens is 2. The third kappa shape index (κ3) is 14.4. The van der Waals surface area contributed by atoms with Gasteiger partial charge in [0.1, 0.15) is 0 Å². The quantitative estimate of drug-likeness (QED) is 0.0834. The molecule has 0 aliphatic heterocycles. The number of rotatable bonds is 20. The number of alkyl halides is 1. The first-order valence-electron chi connectivity index (χ1n) is 13.9. The number of hydrogen-bond donors (Lipinski definition) is 0. The van der Waals surface area contributed by atoms with Gasteiger partial charge < -0.3 is 9.30 Å². The van der Waals surface area contributed by atoms with Crippen molar-refractivity contribution in [2.24, 2.45) is 0 Å². The first kappa shape index (κ1) is 32.7. The molecule has 2 aromatic rings. The summed E-state index contributed by atoms with van der Waals surface area (Å²) >= 11 is 3.50. The zero-order chi connectivity index (χ0) is 25.0. The highest BCUT2D eigenvalue weighted by Gasteiger charge is 2.08. The van der Waals surface area contributed by atoms with E-state index in [1.54, 1.807) is 6.07 Å². The molecule has 0 atom stereocenters. The van der Waals surface area contributed by atoms with Crippen LogP contribution >= 0.6 is 32.9 Å². The lowest BCUT2D eigenvalue weighted by Crippen LogP contribution is -2.16. The van der Waals surface area contributed by atoms with Crippen molar-refractivity contribution in [1.29, 1.82) is 0 Å². The fourth-order valence-electron chi connectivity index (χ4n) is 4.28. The SMILES string of the molecule is Br.CCCCCCCC/C=C\CCCCCCCCOc1cn(Cc2ccccc2)c(CBr)cc1=O. The summed E-state index contributed by atoms with van der Waals surface area (Å²) in [7, 11) is 0. The highest BCUT2D eigenvalue weighted by molar-refractivity contribution is 9.08. The molecule has 2 rings (SSSR count). The molecule has 202 valence electrons. The van der Waals surface area contributed by atoms with E-state index in [4.69, 9.17) is 4.74 Å². The van der Waals surface area contributed by atoms with Gasteiger partial charge in [0, 0.05) is 23.6 Å². The molecule has 0 aliphatic carbocycles. The molecule has 0 fully saturated rings. The Bertz CT molecular complexity index is 880. The Morgan fingerprint density at radius 2 is 1.42 bits per heavy atom. The van der Waals surface area contributed by atoms with E-state index in [0.29, 0.717) is 17.7 Å². The molecule has 0 N–H and O–H groups in total. The van der Waals surface area contributed by atoms with Gasteiger partial charge in [-0.3, -0.25) is 4.79 Å². The number of ether oxygens (including phenoxy) is 1. The summed E-state index contributed by atoms with van der Waals surface area (Å²) in [5, 5.41) is 0.643. The van der Waals surface area contributed by atoms with Crippen molar-refractivity contribution in [2.45, 2.75) is 109 Å². The Labute approximate surface area is 238 Å². The lowest BCUT2D eigenvalue weighted by Gasteiger charge is -2.14. The summed E-state index contributed by atoms with van der Waals surface area (Å²) in [5.41, 5.74) is 2.13. The van der Waals surface area contributed by atoms with E-state index in [1.807, 2.05) is 24.4 Å². The third-order valence-corrected chi connectivity index (χ3v) is 7.00. The van der Waals surface area contributed by atoms with Gasteiger partial charge >= 0.3 is 0 Å². The lowest BCUT2D eigenvalue weighted by molar-refractivity contribution is 0.299. The summed E-state index contributed by atoms with van der Waals surface area (Å²) in [6.07, 6.45) is 24.7. The second-order valence-corrected chi connectivity index (χ2v) is 10.1. The maximum atomic E-state index is 12.4. The van der Waals surface area contributed by atoms with Crippen LogP contribution < -0.4 is 10.2 Å². The number of pyridine rings is 1. The summed E-state index contributed by atoms with van der Waals surface area (Å²) in [4.78, 5) is 12.4. The monoisotopic (exact) mass is 623 g/mol. The molecule has 0 spiro atoms. The Kier molecular flexibility index (Phi) is 19.7. The van der Waals surface area contributed by atoms with Crippen LogP contribution in [0.25, 0.3) is 0 Å². The summed E-state index contributed by atoms with van der Waals surface area (Å²) < 4.78 is 7.98. The number of unbranched alkanes of at least 4 members (excludes halogenated alkanes) is 12. The van der Waals surface area contributed by atoms with Gasteiger partial charge in [-0.25, -0.2) is 0 Å². The molecule has 0 aliphatic rings. The van der Waals surface area contributed by atoms with Gasteiger partial charge in [-0.2, -0.15) is 0 Å². The minimum Gasteiger partial charge on any atom is -0.488 e. The number of allylic oxidation sites excluding steroid dienone is 2. The van der Waals surface area contributed by atoms with Crippen molar-refractivity contribution < 1.29 is 4.74 Å². The van der Waals surface area contributed by atoms with E-state index in [2.05, 4.69) is 51.7 Å². The van der Waals surface area contributed by atoms with Gasteiger partial charge in [0.05, 0.1) is 12.8 Å². The van der Waals surface area contributed by atoms with Crippen LogP contribution in [0.15, 0.2) is 59.5 Å². The molecule has 1 heterocycles. The average Bonchev–Trinajstić information content (AvgIpc) is 2.88. The second-order valence-electron chi connectivity index (χ2n) is 9.53. The van der Waals surface area contributed by atoms with E-state index in [-0.39, 0.29) is 22.4 Å². The molecule has 0 saturated carbocycles. The first-order valence-corrected chi connectivity index (χ1v) is 15.0. The van der Waals surface area contributed by atoms with Crippen molar-refractivity contribution >= 4 is 32.9 Å². The van der Waals surface area contributed by atoms with E-state index in [9.17, 15) is 4.79 Å². The van der Waals surface area contributed by atoms with Crippen LogP contribution in [0.2, 0.25) is 0 Å². The van der Waals surface area contributed by atoms with Crippen LogP contribution in [0.4, 0.5) is 0 Å². The molecular formula is C31H47Br2NO2. The number of hydrogen-bond acceptors (Lipinski definition) is 2. The highest BCUT2D eigenvalue weighted by atomic mass is 79.9. The number of aromatic nitrogens is 1. The number of benzene rings is 1. The largest absolute Gasteiger partial charge is 0.488 e. The molecule has 5 heteroatoms. The molecular weight excluding hydrogens is 578 g/mol. The minimum absolute atomic E-state index is 0. The van der Waals surface area contributed by atoms with Crippen molar-refractivity contribution in [3.63, 3.8) is 0 Å². The average molecular weight is 626 g/mol. The molecule has 0 unspecified atom stereocenters. The summed E-state index contributed by atoms with van der Waals surface area (Å²) in [6.45, 7) is 3.61. The van der Waals surface area contributed by atoms with Crippen LogP contribution in [0.3, 0.4) is 0 Å². The minimum atomic E-state index is -0.0340. The zero-order valence-electron chi connectivity index (χ0n) is 22.3. The standard InChI is InChI=1S/C31H46BrNO2.BrH/c1-2-3-4-5-6-7-8-9-10-11-12-13-14-15-16-20-23-35-31-27-33(29(25-32)24-30(31)34)26-28-21-18-17-19-22-28;/h9-10,17-19,21-22,24,27H,2-8,11-16,20,23,25-26H2,1H3;1H/b10-9-;. The summed E-state index contributed by atoms with van der Waals surface area (Å²) in [6, 6.07) is 12.0. The molecule has 0 amide bonds. The van der Waals surface area contributed by atoms with Crippen molar-refractivity contribution in [3.05, 3.63) is 76.2 Å². The van der Waals surface area contributed by atoms with Crippen LogP contribution in [-0.4, -0.2) is 11.2 Å². The molecule has 1 aromatic carbocycles. The van der Waals surface area contributed by atoms with Gasteiger partial charge in [0.25, 0.3) is 0 Å². The molecule has 0 radical (unpaired) electrons. The van der Waals surface area contributed by atoms with Gasteiger partial charge in [0.2, 0.25) is 5.43 Å². The molecule has 0 saturated heterocycles. The molecule has 1 aromatic heterocycles. The Hall–Kier alpha value is -1.33. The third-order valence-electron chi connectivity index (χ3n) is 6.43. The van der Waals surface area contributed by atoms with Crippen molar-refractivity contribution in [3.8, 4) is 5.75 Å². The first-order chi connectivity index (χ1) is 17.2. The molecule has 0 bridgehead atoms. The predicted molar refractivity (Wildman–Crippen MR) is 164 cm³/mol. The van der Waals surface area contributed by atoms with E-state index in [1.165, 1.54) is 82.6 Å². The zero-order valence-corrected chi connectivity index (χ0v) is 25.6. The van der Waals surface area contributed by atoms with E-state index in [0.717, 1.165) is 25.1 Å². The normalized spacial score (nSPS) is 11.1. The van der Waals surface area contributed by atoms with E-state index < -0.39 is 0 Å². The predicted octanol–water partition coefficient (Wildman–Crippen LogP) is 9.79. The Balaban J connectivity index is 0.00000648. The van der Waals surface area contributed by atoms with Gasteiger partial charge in [0.15, 0.2) is 5.75 Å². The Morgan fingerprint density at radius 3 is 2.03 bits per heavy atom. The maximum Gasteiger partial charge on any atom is 0.223 e. The fourth-order valence-corrected chi connectivity index (χ4v) is 4.76. The van der Waals surface area contributed by atoms with Gasteiger partial charge in [-0.05, 0) is 37.7 Å². The lowest BCUT2D eigenvalue weighted by atomic mass is 10.1. The van der Waals surface area contributed by atoms with Crippen LogP contribution in [0.5, 0.6) is 5.75 Å². The second kappa shape index (κ2) is 21.7. The van der Waals surface area contributed by atoms with Crippen molar-refractivity contribution in [2.75, 3.05) is 6.61 Å². The maximum absolute atomic E-state index is 12.4. The number of nitrogens with zero attached hydrogens (tertiary/aromatic N) is 1. The molecule has 36 heavy (non-hydrogen) atoms. The van der Waals surface area contributed by atoms with Crippen LogP contribution in [-0.2, 0) is 11.9 Å². The topological polar surface area (TPSA) is 31.2 Å². The van der Waals surface area contributed by atoms with Gasteiger partial charge in [-0.1, -0.05) is 123 Å². The van der Waals surface area contributed by atoms with Crippen molar-refractivity contribution in [1.82, 2.24) is 4.57 Å². The van der Waals surface area contributed by atoms with Crippen LogP contribution in [0.1, 0.15) is 108 Å². The van der Waals surface area contributed by atoms with E-state index >= 15 is 0 Å². The molecule has 3 nitrogen and oxygen atoms in total. The van der Waals surface area contributed by atoms with Gasteiger partial charge in [-0.15, -0.1) is 17.0 Å². The Morgan fingerprint density at radius 1 is 0.833 bits per heavy atom. The fraction of sp³-hybridized carbons (Fsp3) is 0.581. The summed E-state index contributed by atoms with van der Waals surface area (Å²) in [5.74, 6) is 0.457. The smallest absolute Gasteiger partial charge is 0.223 e.